The maximum absolute atomic E-state index is 10.7. The van der Waals surface area contributed by atoms with Crippen molar-refractivity contribution in [3.05, 3.63) is 59.3 Å². The Kier molecular flexibility index (Phi) is 7.14. The minimum atomic E-state index is 0.130. The van der Waals surface area contributed by atoms with Crippen molar-refractivity contribution >= 4 is 17.3 Å². The Morgan fingerprint density at radius 2 is 1.83 bits per heavy atom. The molecule has 0 saturated carbocycles. The molecule has 0 bridgehead atoms. The molecule has 154 valence electrons. The Bertz CT molecular complexity index is 951. The standard InChI is InChI=1S/C23H28N2O4/c1-27-14-18(10-17-13-25-21-7-5-4-6-19(17)21)20-12-23(29-3)22(28-2)11-16(20)8-9-24-15-26/h4-7,11-13,15,18,25H,8-10,14H2,1-3H3,(H,24,26). The first-order valence-corrected chi connectivity index (χ1v) is 9.67. The predicted molar refractivity (Wildman–Crippen MR) is 114 cm³/mol. The fourth-order valence-corrected chi connectivity index (χ4v) is 3.82. The van der Waals surface area contributed by atoms with Crippen LogP contribution in [-0.2, 0) is 22.4 Å². The molecule has 1 amide bonds. The zero-order chi connectivity index (χ0) is 20.6. The average Bonchev–Trinajstić information content (AvgIpc) is 3.16. The van der Waals surface area contributed by atoms with Gasteiger partial charge in [0.25, 0.3) is 0 Å². The lowest BCUT2D eigenvalue weighted by Gasteiger charge is -2.22. The summed E-state index contributed by atoms with van der Waals surface area (Å²) in [5, 5.41) is 3.96. The van der Waals surface area contributed by atoms with Gasteiger partial charge < -0.3 is 24.5 Å². The molecule has 0 saturated heterocycles. The molecule has 0 aliphatic heterocycles. The summed E-state index contributed by atoms with van der Waals surface area (Å²) in [4.78, 5) is 14.0. The van der Waals surface area contributed by atoms with E-state index in [1.165, 1.54) is 10.9 Å². The maximum Gasteiger partial charge on any atom is 0.207 e. The van der Waals surface area contributed by atoms with Crippen LogP contribution in [0.5, 0.6) is 11.5 Å². The number of hydrogen-bond donors (Lipinski definition) is 2. The number of nitrogens with one attached hydrogen (secondary N) is 2. The number of benzene rings is 2. The fourth-order valence-electron chi connectivity index (χ4n) is 3.82. The Morgan fingerprint density at radius 1 is 1.07 bits per heavy atom. The van der Waals surface area contributed by atoms with Gasteiger partial charge in [-0.3, -0.25) is 4.79 Å². The zero-order valence-electron chi connectivity index (χ0n) is 17.2. The highest BCUT2D eigenvalue weighted by atomic mass is 16.5. The molecule has 1 atom stereocenters. The normalized spacial score (nSPS) is 12.0. The van der Waals surface area contributed by atoms with Crippen LogP contribution < -0.4 is 14.8 Å². The van der Waals surface area contributed by atoms with Gasteiger partial charge in [0.1, 0.15) is 0 Å². The number of hydrogen-bond acceptors (Lipinski definition) is 4. The first-order valence-electron chi connectivity index (χ1n) is 9.67. The van der Waals surface area contributed by atoms with Crippen LogP contribution in [-0.4, -0.2) is 45.9 Å². The van der Waals surface area contributed by atoms with Crippen molar-refractivity contribution < 1.29 is 19.0 Å². The van der Waals surface area contributed by atoms with Crippen LogP contribution >= 0.6 is 0 Å². The number of aromatic amines is 1. The molecule has 2 aromatic carbocycles. The molecule has 1 heterocycles. The molecule has 0 radical (unpaired) electrons. The number of aromatic nitrogens is 1. The number of rotatable bonds is 11. The molecule has 0 spiro atoms. The van der Waals surface area contributed by atoms with Crippen LogP contribution in [0.4, 0.5) is 0 Å². The lowest BCUT2D eigenvalue weighted by atomic mass is 9.87. The van der Waals surface area contributed by atoms with Gasteiger partial charge in [-0.1, -0.05) is 18.2 Å². The van der Waals surface area contributed by atoms with E-state index in [1.807, 2.05) is 18.2 Å². The third-order valence-corrected chi connectivity index (χ3v) is 5.22. The number of carbonyl (C=O) groups excluding carboxylic acids is 1. The Labute approximate surface area is 171 Å². The van der Waals surface area contributed by atoms with Gasteiger partial charge >= 0.3 is 0 Å². The van der Waals surface area contributed by atoms with Crippen molar-refractivity contribution in [3.63, 3.8) is 0 Å². The van der Waals surface area contributed by atoms with Crippen LogP contribution in [0.3, 0.4) is 0 Å². The van der Waals surface area contributed by atoms with Gasteiger partial charge in [0.15, 0.2) is 11.5 Å². The van der Waals surface area contributed by atoms with E-state index in [2.05, 4.69) is 34.7 Å². The second kappa shape index (κ2) is 9.98. The highest BCUT2D eigenvalue weighted by Gasteiger charge is 2.21. The van der Waals surface area contributed by atoms with E-state index in [0.29, 0.717) is 31.1 Å². The molecular weight excluding hydrogens is 368 g/mol. The highest BCUT2D eigenvalue weighted by molar-refractivity contribution is 5.83. The zero-order valence-corrected chi connectivity index (χ0v) is 17.2. The van der Waals surface area contributed by atoms with Crippen LogP contribution in [0.15, 0.2) is 42.6 Å². The minimum absolute atomic E-state index is 0.130. The van der Waals surface area contributed by atoms with E-state index < -0.39 is 0 Å². The van der Waals surface area contributed by atoms with E-state index in [9.17, 15) is 4.79 Å². The SMILES string of the molecule is COCC(Cc1c[nH]c2ccccc12)c1cc(OC)c(OC)cc1CCNC=O. The Hall–Kier alpha value is -2.99. The van der Waals surface area contributed by atoms with E-state index in [-0.39, 0.29) is 5.92 Å². The number of amides is 1. The topological polar surface area (TPSA) is 72.6 Å². The molecule has 2 N–H and O–H groups in total. The molecule has 3 rings (SSSR count). The molecule has 0 aliphatic rings. The van der Waals surface area contributed by atoms with E-state index in [1.54, 1.807) is 21.3 Å². The van der Waals surface area contributed by atoms with E-state index >= 15 is 0 Å². The number of ether oxygens (including phenoxy) is 3. The van der Waals surface area contributed by atoms with Crippen molar-refractivity contribution in [3.8, 4) is 11.5 Å². The summed E-state index contributed by atoms with van der Waals surface area (Å²) >= 11 is 0. The molecular formula is C23H28N2O4. The minimum Gasteiger partial charge on any atom is -0.493 e. The smallest absolute Gasteiger partial charge is 0.207 e. The van der Waals surface area contributed by atoms with Crippen molar-refractivity contribution in [1.29, 1.82) is 0 Å². The lowest BCUT2D eigenvalue weighted by molar-refractivity contribution is -0.109. The highest BCUT2D eigenvalue weighted by Crippen LogP contribution is 2.36. The van der Waals surface area contributed by atoms with Crippen LogP contribution in [0.25, 0.3) is 10.9 Å². The summed E-state index contributed by atoms with van der Waals surface area (Å²) in [6.07, 6.45) is 4.31. The van der Waals surface area contributed by atoms with Gasteiger partial charge in [-0.2, -0.15) is 0 Å². The monoisotopic (exact) mass is 396 g/mol. The molecule has 0 aliphatic carbocycles. The third-order valence-electron chi connectivity index (χ3n) is 5.22. The Morgan fingerprint density at radius 3 is 2.55 bits per heavy atom. The van der Waals surface area contributed by atoms with Gasteiger partial charge in [-0.05, 0) is 47.7 Å². The van der Waals surface area contributed by atoms with Crippen LogP contribution in [0, 0.1) is 0 Å². The summed E-state index contributed by atoms with van der Waals surface area (Å²) in [6.45, 7) is 1.13. The van der Waals surface area contributed by atoms with E-state index in [0.717, 1.165) is 29.5 Å². The summed E-state index contributed by atoms with van der Waals surface area (Å²) in [5.41, 5.74) is 4.62. The van der Waals surface area contributed by atoms with Crippen molar-refractivity contribution in [2.75, 3.05) is 34.5 Å². The molecule has 1 aromatic heterocycles. The van der Waals surface area contributed by atoms with Gasteiger partial charge in [0.05, 0.1) is 20.8 Å². The van der Waals surface area contributed by atoms with Gasteiger partial charge in [-0.25, -0.2) is 0 Å². The first-order chi connectivity index (χ1) is 14.2. The third kappa shape index (κ3) is 4.71. The molecule has 29 heavy (non-hydrogen) atoms. The molecule has 0 fully saturated rings. The first kappa shape index (κ1) is 20.7. The number of fused-ring (bicyclic) bond motifs is 1. The second-order valence-electron chi connectivity index (χ2n) is 6.94. The largest absolute Gasteiger partial charge is 0.493 e. The van der Waals surface area contributed by atoms with Crippen molar-refractivity contribution in [2.24, 2.45) is 0 Å². The van der Waals surface area contributed by atoms with Crippen LogP contribution in [0.1, 0.15) is 22.6 Å². The number of carbonyl (C=O) groups is 1. The quantitative estimate of drug-likeness (QED) is 0.385. The van der Waals surface area contributed by atoms with Crippen molar-refractivity contribution in [2.45, 2.75) is 18.8 Å². The van der Waals surface area contributed by atoms with E-state index in [4.69, 9.17) is 14.2 Å². The summed E-state index contributed by atoms with van der Waals surface area (Å²) < 4.78 is 16.6. The molecule has 3 aromatic rings. The summed E-state index contributed by atoms with van der Waals surface area (Å²) in [7, 11) is 4.99. The Balaban J connectivity index is 2.00. The van der Waals surface area contributed by atoms with Crippen molar-refractivity contribution in [1.82, 2.24) is 10.3 Å². The molecule has 6 heteroatoms. The van der Waals surface area contributed by atoms with Gasteiger partial charge in [-0.15, -0.1) is 0 Å². The average molecular weight is 396 g/mol. The summed E-state index contributed by atoms with van der Waals surface area (Å²) in [5.74, 6) is 1.50. The maximum atomic E-state index is 10.7. The fraction of sp³-hybridized carbons (Fsp3) is 0.348. The van der Waals surface area contributed by atoms with Gasteiger partial charge in [0, 0.05) is 36.7 Å². The number of para-hydroxylation sites is 1. The second-order valence-corrected chi connectivity index (χ2v) is 6.94. The van der Waals surface area contributed by atoms with Gasteiger partial charge in [0.2, 0.25) is 6.41 Å². The lowest BCUT2D eigenvalue weighted by Crippen LogP contribution is -2.18. The molecule has 1 unspecified atom stereocenters. The summed E-state index contributed by atoms with van der Waals surface area (Å²) in [6, 6.07) is 12.3. The molecule has 6 nitrogen and oxygen atoms in total. The van der Waals surface area contributed by atoms with Crippen LogP contribution in [0.2, 0.25) is 0 Å². The number of H-pyrrole nitrogens is 1. The number of methoxy groups -OCH3 is 3. The predicted octanol–water partition coefficient (Wildman–Crippen LogP) is 3.45.